The quantitative estimate of drug-likeness (QED) is 0.606. The Balaban J connectivity index is 2.39. The van der Waals surface area contributed by atoms with E-state index in [1.165, 1.54) is 5.56 Å². The Morgan fingerprint density at radius 1 is 1.53 bits per heavy atom. The van der Waals surface area contributed by atoms with E-state index in [-0.39, 0.29) is 0 Å². The molecule has 0 bridgehead atoms. The first-order valence-electron chi connectivity index (χ1n) is 5.34. The molecule has 0 spiro atoms. The van der Waals surface area contributed by atoms with Gasteiger partial charge in [0, 0.05) is 10.5 Å². The van der Waals surface area contributed by atoms with E-state index in [0.29, 0.717) is 6.04 Å². The molecule has 0 unspecified atom stereocenters. The monoisotopic (exact) mass is 267 g/mol. The third kappa shape index (κ3) is 4.63. The van der Waals surface area contributed by atoms with Gasteiger partial charge in [-0.2, -0.15) is 0 Å². The van der Waals surface area contributed by atoms with Crippen LogP contribution in [0.2, 0.25) is 0 Å². The van der Waals surface area contributed by atoms with Gasteiger partial charge in [0.1, 0.15) is 0 Å². The van der Waals surface area contributed by atoms with Gasteiger partial charge in [-0.3, -0.25) is 0 Å². The van der Waals surface area contributed by atoms with Crippen molar-refractivity contribution in [1.29, 1.82) is 0 Å². The van der Waals surface area contributed by atoms with Gasteiger partial charge in [-0.05, 0) is 44.0 Å². The molecule has 15 heavy (non-hydrogen) atoms. The maximum atomic E-state index is 3.71. The molecule has 0 aliphatic heterocycles. The zero-order chi connectivity index (χ0) is 11.1. The van der Waals surface area contributed by atoms with Gasteiger partial charge in [-0.25, -0.2) is 0 Å². The van der Waals surface area contributed by atoms with E-state index in [2.05, 4.69) is 52.9 Å². The van der Waals surface area contributed by atoms with Crippen molar-refractivity contribution in [2.75, 3.05) is 6.54 Å². The molecule has 2 heteroatoms. The first kappa shape index (κ1) is 12.5. The minimum absolute atomic E-state index is 0.410. The van der Waals surface area contributed by atoms with E-state index in [0.717, 1.165) is 23.9 Å². The fourth-order valence-corrected chi connectivity index (χ4v) is 1.88. The van der Waals surface area contributed by atoms with E-state index in [4.69, 9.17) is 0 Å². The van der Waals surface area contributed by atoms with Crippen LogP contribution >= 0.6 is 15.9 Å². The van der Waals surface area contributed by atoms with Gasteiger partial charge >= 0.3 is 0 Å². The van der Waals surface area contributed by atoms with Crippen LogP contribution in [0.5, 0.6) is 0 Å². The number of hydrogen-bond donors (Lipinski definition) is 1. The molecule has 0 fully saturated rings. The maximum absolute atomic E-state index is 3.71. The van der Waals surface area contributed by atoms with Crippen LogP contribution in [0, 0.1) is 0 Å². The Hall–Kier alpha value is -0.600. The van der Waals surface area contributed by atoms with Gasteiger partial charge in [0.2, 0.25) is 0 Å². The second kappa shape index (κ2) is 6.81. The number of rotatable bonds is 6. The van der Waals surface area contributed by atoms with Gasteiger partial charge in [0.15, 0.2) is 0 Å². The maximum Gasteiger partial charge on any atom is 0.0292 e. The molecule has 1 N–H and O–H groups in total. The summed E-state index contributed by atoms with van der Waals surface area (Å²) in [4.78, 5) is 0. The van der Waals surface area contributed by atoms with Crippen LogP contribution in [0.25, 0.3) is 0 Å². The van der Waals surface area contributed by atoms with Crippen molar-refractivity contribution in [2.45, 2.75) is 25.8 Å². The van der Waals surface area contributed by atoms with Gasteiger partial charge < -0.3 is 5.32 Å². The lowest BCUT2D eigenvalue weighted by molar-refractivity contribution is 0.561. The van der Waals surface area contributed by atoms with Gasteiger partial charge in [0.25, 0.3) is 0 Å². The van der Waals surface area contributed by atoms with Gasteiger partial charge in [-0.1, -0.05) is 34.1 Å². The number of halogens is 1. The smallest absolute Gasteiger partial charge is 0.0292 e. The van der Waals surface area contributed by atoms with E-state index in [9.17, 15) is 0 Å². The lowest BCUT2D eigenvalue weighted by Crippen LogP contribution is -2.19. The lowest BCUT2D eigenvalue weighted by atomic mass is 10.1. The fraction of sp³-hybridized carbons (Fsp3) is 0.385. The highest BCUT2D eigenvalue weighted by Crippen LogP contribution is 2.17. The third-order valence-electron chi connectivity index (χ3n) is 2.38. The molecule has 0 aliphatic rings. The Bertz CT molecular complexity index is 309. The van der Waals surface area contributed by atoms with E-state index < -0.39 is 0 Å². The Morgan fingerprint density at radius 2 is 2.33 bits per heavy atom. The van der Waals surface area contributed by atoms with Crippen LogP contribution in [0.4, 0.5) is 0 Å². The highest BCUT2D eigenvalue weighted by Gasteiger charge is 2.03. The normalized spacial score (nSPS) is 12.4. The zero-order valence-corrected chi connectivity index (χ0v) is 10.8. The number of nitrogens with one attached hydrogen (secondary N) is 1. The van der Waals surface area contributed by atoms with Gasteiger partial charge in [-0.15, -0.1) is 6.58 Å². The molecule has 0 amide bonds. The van der Waals surface area contributed by atoms with Crippen molar-refractivity contribution in [1.82, 2.24) is 5.32 Å². The molecule has 1 rings (SSSR count). The zero-order valence-electron chi connectivity index (χ0n) is 9.17. The first-order valence-corrected chi connectivity index (χ1v) is 6.13. The molecule has 1 aromatic carbocycles. The number of allylic oxidation sites excluding steroid dienone is 1. The molecule has 0 saturated carbocycles. The Kier molecular flexibility index (Phi) is 5.66. The second-order valence-electron chi connectivity index (χ2n) is 3.66. The summed E-state index contributed by atoms with van der Waals surface area (Å²) in [6.07, 6.45) is 4.20. The highest BCUT2D eigenvalue weighted by molar-refractivity contribution is 9.10. The minimum atomic E-state index is 0.410. The molecule has 0 aliphatic carbocycles. The van der Waals surface area contributed by atoms with Crippen LogP contribution in [-0.2, 0) is 0 Å². The number of benzene rings is 1. The molecule has 0 radical (unpaired) electrons. The van der Waals surface area contributed by atoms with Crippen molar-refractivity contribution >= 4 is 15.9 Å². The second-order valence-corrected chi connectivity index (χ2v) is 4.58. The molecule has 0 aromatic heterocycles. The molecule has 1 atom stereocenters. The number of unbranched alkanes of at least 4 members (excludes halogenated alkanes) is 1. The summed E-state index contributed by atoms with van der Waals surface area (Å²) in [5.41, 5.74) is 1.32. The van der Waals surface area contributed by atoms with Crippen molar-refractivity contribution in [3.63, 3.8) is 0 Å². The summed E-state index contributed by atoms with van der Waals surface area (Å²) < 4.78 is 1.14. The van der Waals surface area contributed by atoms with Crippen LogP contribution in [0.15, 0.2) is 41.4 Å². The summed E-state index contributed by atoms with van der Waals surface area (Å²) >= 11 is 3.48. The summed E-state index contributed by atoms with van der Waals surface area (Å²) in [7, 11) is 0. The molecule has 0 saturated heterocycles. The van der Waals surface area contributed by atoms with Crippen molar-refractivity contribution in [3.05, 3.63) is 47.0 Å². The molecular formula is C13H18BrN. The summed E-state index contributed by atoms with van der Waals surface area (Å²) in [6, 6.07) is 8.84. The van der Waals surface area contributed by atoms with Crippen LogP contribution in [0.3, 0.4) is 0 Å². The standard InChI is InChI=1S/C13H18BrN/c1-3-4-5-9-15-11(2)12-7-6-8-13(14)10-12/h3,6-8,10-11,15H,1,4-5,9H2,2H3/t11-/m0/s1. The highest BCUT2D eigenvalue weighted by atomic mass is 79.9. The average molecular weight is 268 g/mol. The predicted molar refractivity (Wildman–Crippen MR) is 70.0 cm³/mol. The summed E-state index contributed by atoms with van der Waals surface area (Å²) in [5.74, 6) is 0. The van der Waals surface area contributed by atoms with Crippen molar-refractivity contribution in [3.8, 4) is 0 Å². The Morgan fingerprint density at radius 3 is 3.00 bits per heavy atom. The molecule has 1 nitrogen and oxygen atoms in total. The summed E-state index contributed by atoms with van der Waals surface area (Å²) in [5, 5.41) is 3.49. The lowest BCUT2D eigenvalue weighted by Gasteiger charge is -2.14. The van der Waals surface area contributed by atoms with E-state index in [1.54, 1.807) is 0 Å². The average Bonchev–Trinajstić information content (AvgIpc) is 2.24. The van der Waals surface area contributed by atoms with Crippen LogP contribution in [0.1, 0.15) is 31.4 Å². The SMILES string of the molecule is C=CCCCN[C@@H](C)c1cccc(Br)c1. The van der Waals surface area contributed by atoms with Crippen LogP contribution < -0.4 is 5.32 Å². The minimum Gasteiger partial charge on any atom is -0.310 e. The molecule has 1 aromatic rings. The molecule has 82 valence electrons. The molecular weight excluding hydrogens is 250 g/mol. The van der Waals surface area contributed by atoms with Crippen molar-refractivity contribution < 1.29 is 0 Å². The van der Waals surface area contributed by atoms with E-state index in [1.807, 2.05) is 12.1 Å². The van der Waals surface area contributed by atoms with Crippen molar-refractivity contribution in [2.24, 2.45) is 0 Å². The topological polar surface area (TPSA) is 12.0 Å². The predicted octanol–water partition coefficient (Wildman–Crippen LogP) is 4.07. The van der Waals surface area contributed by atoms with Gasteiger partial charge in [0.05, 0.1) is 0 Å². The fourth-order valence-electron chi connectivity index (χ4n) is 1.46. The third-order valence-corrected chi connectivity index (χ3v) is 2.88. The first-order chi connectivity index (χ1) is 7.24. The summed E-state index contributed by atoms with van der Waals surface area (Å²) in [6.45, 7) is 6.94. The molecule has 0 heterocycles. The largest absolute Gasteiger partial charge is 0.310 e. The Labute approximate surface area is 101 Å². The number of hydrogen-bond acceptors (Lipinski definition) is 1. The van der Waals surface area contributed by atoms with E-state index >= 15 is 0 Å². The van der Waals surface area contributed by atoms with Crippen LogP contribution in [-0.4, -0.2) is 6.54 Å².